The summed E-state index contributed by atoms with van der Waals surface area (Å²) in [7, 11) is 0. The van der Waals surface area contributed by atoms with E-state index >= 15 is 0 Å². The predicted octanol–water partition coefficient (Wildman–Crippen LogP) is 4.08. The summed E-state index contributed by atoms with van der Waals surface area (Å²) in [5.41, 5.74) is 4.20. The zero-order valence-corrected chi connectivity index (χ0v) is 13.9. The third-order valence-electron chi connectivity index (χ3n) is 3.79. The molecule has 0 atom stereocenters. The number of para-hydroxylation sites is 2. The van der Waals surface area contributed by atoms with Crippen molar-refractivity contribution in [3.63, 3.8) is 0 Å². The molecular weight excluding hydrogens is 334 g/mol. The number of hydrogen-bond acceptors (Lipinski definition) is 5. The zero-order valence-electron chi connectivity index (χ0n) is 13.9. The first-order chi connectivity index (χ1) is 12.6. The van der Waals surface area contributed by atoms with E-state index in [-0.39, 0.29) is 11.4 Å². The van der Waals surface area contributed by atoms with Crippen molar-refractivity contribution in [3.8, 4) is 0 Å². The SMILES string of the molecule is Cc1c(C(=O)NN=C/C=C\c2ccccc2[N+](=O)[O-])oc2ccccc12. The molecule has 0 fully saturated rings. The Labute approximate surface area is 148 Å². The maximum Gasteiger partial charge on any atom is 0.307 e. The van der Waals surface area contributed by atoms with E-state index in [4.69, 9.17) is 4.42 Å². The van der Waals surface area contributed by atoms with E-state index < -0.39 is 10.8 Å². The average molecular weight is 349 g/mol. The van der Waals surface area contributed by atoms with Crippen LogP contribution in [-0.2, 0) is 0 Å². The summed E-state index contributed by atoms with van der Waals surface area (Å²) in [6, 6.07) is 13.7. The van der Waals surface area contributed by atoms with Crippen molar-refractivity contribution >= 4 is 34.9 Å². The second-order valence-corrected chi connectivity index (χ2v) is 5.45. The molecule has 0 unspecified atom stereocenters. The van der Waals surface area contributed by atoms with Gasteiger partial charge in [0.15, 0.2) is 5.76 Å². The molecule has 2 aromatic carbocycles. The van der Waals surface area contributed by atoms with Gasteiger partial charge >= 0.3 is 5.91 Å². The van der Waals surface area contributed by atoms with Gasteiger partial charge in [0.05, 0.1) is 10.5 Å². The minimum absolute atomic E-state index is 0.000846. The Balaban J connectivity index is 1.68. The first-order valence-electron chi connectivity index (χ1n) is 7.79. The number of amides is 1. The molecule has 3 rings (SSSR count). The number of hydrogen-bond donors (Lipinski definition) is 1. The van der Waals surface area contributed by atoms with Gasteiger partial charge in [-0.1, -0.05) is 30.3 Å². The Morgan fingerprint density at radius 1 is 1.19 bits per heavy atom. The summed E-state index contributed by atoms with van der Waals surface area (Å²) >= 11 is 0. The Morgan fingerprint density at radius 3 is 2.69 bits per heavy atom. The Hall–Kier alpha value is -3.74. The van der Waals surface area contributed by atoms with Crippen LogP contribution in [0.25, 0.3) is 17.0 Å². The number of rotatable bonds is 5. The van der Waals surface area contributed by atoms with Gasteiger partial charge in [0.2, 0.25) is 0 Å². The van der Waals surface area contributed by atoms with Crippen molar-refractivity contribution in [1.29, 1.82) is 0 Å². The van der Waals surface area contributed by atoms with E-state index in [1.54, 1.807) is 37.3 Å². The summed E-state index contributed by atoms with van der Waals surface area (Å²) in [5.74, 6) is -0.264. The van der Waals surface area contributed by atoms with Crippen LogP contribution in [0.15, 0.2) is 64.1 Å². The molecule has 0 bridgehead atoms. The molecule has 0 saturated heterocycles. The quantitative estimate of drug-likeness (QED) is 0.426. The van der Waals surface area contributed by atoms with Crippen LogP contribution in [0.1, 0.15) is 21.7 Å². The highest BCUT2D eigenvalue weighted by Crippen LogP contribution is 2.24. The summed E-state index contributed by atoms with van der Waals surface area (Å²) in [6.07, 6.45) is 4.39. The van der Waals surface area contributed by atoms with Gasteiger partial charge in [-0.25, -0.2) is 5.43 Å². The third-order valence-corrected chi connectivity index (χ3v) is 3.79. The van der Waals surface area contributed by atoms with Crippen LogP contribution in [0.3, 0.4) is 0 Å². The topological polar surface area (TPSA) is 97.7 Å². The van der Waals surface area contributed by atoms with Crippen molar-refractivity contribution in [1.82, 2.24) is 5.43 Å². The van der Waals surface area contributed by atoms with Gasteiger partial charge in [0.25, 0.3) is 5.69 Å². The average Bonchev–Trinajstić information content (AvgIpc) is 2.99. The van der Waals surface area contributed by atoms with Gasteiger partial charge in [0.1, 0.15) is 5.58 Å². The molecule has 0 saturated carbocycles. The van der Waals surface area contributed by atoms with Crippen LogP contribution < -0.4 is 5.43 Å². The van der Waals surface area contributed by atoms with Gasteiger partial charge < -0.3 is 4.42 Å². The van der Waals surface area contributed by atoms with Crippen LogP contribution in [0.5, 0.6) is 0 Å². The first kappa shape index (κ1) is 17.1. The van der Waals surface area contributed by atoms with E-state index in [1.807, 2.05) is 18.2 Å². The highest BCUT2D eigenvalue weighted by Gasteiger charge is 2.16. The van der Waals surface area contributed by atoms with Gasteiger partial charge in [0, 0.05) is 23.2 Å². The Morgan fingerprint density at radius 2 is 1.92 bits per heavy atom. The Bertz CT molecular complexity index is 1030. The zero-order chi connectivity index (χ0) is 18.5. The molecule has 7 heteroatoms. The summed E-state index contributed by atoms with van der Waals surface area (Å²) in [5, 5.41) is 15.6. The molecule has 0 aliphatic rings. The van der Waals surface area contributed by atoms with Crippen molar-refractivity contribution in [2.75, 3.05) is 0 Å². The number of carbonyl (C=O) groups excluding carboxylic acids is 1. The van der Waals surface area contributed by atoms with Crippen LogP contribution >= 0.6 is 0 Å². The highest BCUT2D eigenvalue weighted by atomic mass is 16.6. The molecule has 3 aromatic rings. The number of benzene rings is 2. The number of furan rings is 1. The summed E-state index contributed by atoms with van der Waals surface area (Å²) < 4.78 is 5.55. The fourth-order valence-corrected chi connectivity index (χ4v) is 2.52. The largest absolute Gasteiger partial charge is 0.451 e. The molecule has 26 heavy (non-hydrogen) atoms. The number of nitrogens with zero attached hydrogens (tertiary/aromatic N) is 2. The first-order valence-corrected chi connectivity index (χ1v) is 7.79. The standard InChI is InChI=1S/C19H15N3O4/c1-13-15-9-3-5-11-17(15)26-18(13)19(23)21-20-12-6-8-14-7-2-4-10-16(14)22(24)25/h2-12H,1H3,(H,21,23)/b8-6-,20-12?. The maximum absolute atomic E-state index is 12.2. The van der Waals surface area contributed by atoms with Crippen molar-refractivity contribution in [2.45, 2.75) is 6.92 Å². The molecule has 0 aliphatic carbocycles. The van der Waals surface area contributed by atoms with E-state index in [0.717, 1.165) is 10.9 Å². The second kappa shape index (κ2) is 7.43. The number of fused-ring (bicyclic) bond motifs is 1. The number of aryl methyl sites for hydroxylation is 1. The molecular formula is C19H15N3O4. The minimum atomic E-state index is -0.464. The number of allylic oxidation sites excluding steroid dienone is 1. The molecule has 1 heterocycles. The normalized spacial score (nSPS) is 11.4. The van der Waals surface area contributed by atoms with Gasteiger partial charge in [-0.2, -0.15) is 5.10 Å². The van der Waals surface area contributed by atoms with Crippen LogP contribution in [0, 0.1) is 17.0 Å². The number of nitro benzene ring substituents is 1. The maximum atomic E-state index is 12.2. The minimum Gasteiger partial charge on any atom is -0.451 e. The fourth-order valence-electron chi connectivity index (χ4n) is 2.52. The number of hydrazone groups is 1. The van der Waals surface area contributed by atoms with Crippen molar-refractivity contribution in [2.24, 2.45) is 5.10 Å². The monoisotopic (exact) mass is 349 g/mol. The molecule has 7 nitrogen and oxygen atoms in total. The van der Waals surface area contributed by atoms with Gasteiger partial charge in [-0.05, 0) is 31.2 Å². The molecule has 1 N–H and O–H groups in total. The lowest BCUT2D eigenvalue weighted by atomic mass is 10.1. The molecule has 1 aromatic heterocycles. The van der Waals surface area contributed by atoms with E-state index in [0.29, 0.717) is 11.1 Å². The summed E-state index contributed by atoms with van der Waals surface area (Å²) in [4.78, 5) is 22.7. The lowest BCUT2D eigenvalue weighted by molar-refractivity contribution is -0.385. The second-order valence-electron chi connectivity index (χ2n) is 5.45. The molecule has 1 amide bonds. The number of nitro groups is 1. The predicted molar refractivity (Wildman–Crippen MR) is 99.0 cm³/mol. The van der Waals surface area contributed by atoms with Crippen LogP contribution in [-0.4, -0.2) is 17.0 Å². The fraction of sp³-hybridized carbons (Fsp3) is 0.0526. The van der Waals surface area contributed by atoms with E-state index in [2.05, 4.69) is 10.5 Å². The number of nitrogens with one attached hydrogen (secondary N) is 1. The van der Waals surface area contributed by atoms with Gasteiger partial charge in [-0.15, -0.1) is 0 Å². The van der Waals surface area contributed by atoms with Crippen molar-refractivity contribution in [3.05, 3.63) is 81.6 Å². The molecule has 130 valence electrons. The lowest BCUT2D eigenvalue weighted by Crippen LogP contribution is -2.17. The van der Waals surface area contributed by atoms with Crippen LogP contribution in [0.2, 0.25) is 0 Å². The third kappa shape index (κ3) is 3.51. The van der Waals surface area contributed by atoms with E-state index in [9.17, 15) is 14.9 Å². The molecule has 0 spiro atoms. The van der Waals surface area contributed by atoms with Crippen molar-refractivity contribution < 1.29 is 14.1 Å². The Kier molecular flexibility index (Phi) is 4.89. The molecule has 0 aliphatic heterocycles. The number of carbonyl (C=O) groups is 1. The smallest absolute Gasteiger partial charge is 0.307 e. The van der Waals surface area contributed by atoms with Crippen LogP contribution in [0.4, 0.5) is 5.69 Å². The summed E-state index contributed by atoms with van der Waals surface area (Å²) in [6.45, 7) is 1.80. The highest BCUT2D eigenvalue weighted by molar-refractivity contribution is 5.99. The lowest BCUT2D eigenvalue weighted by Gasteiger charge is -1.96. The molecule has 0 radical (unpaired) electrons. The van der Waals surface area contributed by atoms with E-state index in [1.165, 1.54) is 18.4 Å². The van der Waals surface area contributed by atoms with Gasteiger partial charge in [-0.3, -0.25) is 14.9 Å².